The number of methoxy groups -OCH3 is 2. The number of halogens is 1. The largest absolute Gasteiger partial charge is 0.497 e. The first-order valence-electron chi connectivity index (χ1n) is 9.10. The van der Waals surface area contributed by atoms with Crippen LogP contribution in [0.4, 0.5) is 0 Å². The lowest BCUT2D eigenvalue weighted by Gasteiger charge is -2.11. The summed E-state index contributed by atoms with van der Waals surface area (Å²) < 4.78 is 10.1. The average Bonchev–Trinajstić information content (AvgIpc) is 2.66. The number of nitrogens with one attached hydrogen (secondary N) is 3. The van der Waals surface area contributed by atoms with E-state index in [9.17, 15) is 4.79 Å². The van der Waals surface area contributed by atoms with Gasteiger partial charge in [-0.2, -0.15) is 0 Å². The second-order valence-electron chi connectivity index (χ2n) is 5.77. The predicted molar refractivity (Wildman–Crippen MR) is 120 cm³/mol. The Kier molecular flexibility index (Phi) is 15.7. The van der Waals surface area contributed by atoms with Gasteiger partial charge < -0.3 is 25.4 Å². The standard InChI is InChI=1S/C19H32N4O3.HI/c1-4-20-19(23-15-18(24)21-13-14-25-2)22-12-6-5-7-16-8-10-17(26-3)11-9-16;/h8-11H,4-7,12-15H2,1-3H3,(H,21,24)(H2,20,22,23);1H. The van der Waals surface area contributed by atoms with Crippen LogP contribution in [0, 0.1) is 0 Å². The molecule has 0 aromatic heterocycles. The van der Waals surface area contributed by atoms with Crippen LogP contribution in [0.1, 0.15) is 25.3 Å². The lowest BCUT2D eigenvalue weighted by Crippen LogP contribution is -2.39. The number of aryl methyl sites for hydroxylation is 1. The minimum atomic E-state index is -0.112. The first kappa shape index (κ1) is 25.4. The molecule has 0 atom stereocenters. The van der Waals surface area contributed by atoms with Crippen molar-refractivity contribution in [2.24, 2.45) is 4.99 Å². The van der Waals surface area contributed by atoms with Crippen molar-refractivity contribution >= 4 is 35.8 Å². The smallest absolute Gasteiger partial charge is 0.241 e. The van der Waals surface area contributed by atoms with Crippen LogP contribution in [0.3, 0.4) is 0 Å². The molecule has 1 rings (SSSR count). The second kappa shape index (κ2) is 16.6. The molecule has 1 amide bonds. The Morgan fingerprint density at radius 2 is 1.78 bits per heavy atom. The van der Waals surface area contributed by atoms with Crippen molar-refractivity contribution < 1.29 is 14.3 Å². The Morgan fingerprint density at radius 1 is 1.04 bits per heavy atom. The molecule has 0 aliphatic rings. The highest BCUT2D eigenvalue weighted by molar-refractivity contribution is 14.0. The van der Waals surface area contributed by atoms with Gasteiger partial charge in [0.1, 0.15) is 12.3 Å². The maximum absolute atomic E-state index is 11.7. The van der Waals surface area contributed by atoms with Gasteiger partial charge in [0.2, 0.25) is 5.91 Å². The molecule has 0 spiro atoms. The Morgan fingerprint density at radius 3 is 2.41 bits per heavy atom. The molecule has 1 aromatic rings. The van der Waals surface area contributed by atoms with Gasteiger partial charge in [0.05, 0.1) is 13.7 Å². The van der Waals surface area contributed by atoms with Crippen LogP contribution >= 0.6 is 24.0 Å². The molecule has 0 radical (unpaired) electrons. The van der Waals surface area contributed by atoms with E-state index in [1.54, 1.807) is 14.2 Å². The number of carbonyl (C=O) groups excluding carboxylic acids is 1. The second-order valence-corrected chi connectivity index (χ2v) is 5.77. The van der Waals surface area contributed by atoms with Crippen molar-refractivity contribution in [2.45, 2.75) is 26.2 Å². The molecular formula is C19H33IN4O3. The molecule has 0 bridgehead atoms. The zero-order valence-corrected chi connectivity index (χ0v) is 18.9. The monoisotopic (exact) mass is 492 g/mol. The highest BCUT2D eigenvalue weighted by atomic mass is 127. The Labute approximate surface area is 179 Å². The number of hydrogen-bond acceptors (Lipinski definition) is 4. The van der Waals surface area contributed by atoms with Crippen molar-refractivity contribution in [3.8, 4) is 5.75 Å². The van der Waals surface area contributed by atoms with E-state index in [0.29, 0.717) is 19.1 Å². The van der Waals surface area contributed by atoms with E-state index >= 15 is 0 Å². The maximum Gasteiger partial charge on any atom is 0.241 e. The van der Waals surface area contributed by atoms with Gasteiger partial charge in [0, 0.05) is 26.7 Å². The summed E-state index contributed by atoms with van der Waals surface area (Å²) in [6.07, 6.45) is 3.13. The number of guanidine groups is 1. The van der Waals surface area contributed by atoms with Crippen LogP contribution in [-0.2, 0) is 16.0 Å². The van der Waals surface area contributed by atoms with E-state index in [0.717, 1.165) is 38.1 Å². The Balaban J connectivity index is 0.00000676. The fourth-order valence-corrected chi connectivity index (χ4v) is 2.29. The lowest BCUT2D eigenvalue weighted by molar-refractivity contribution is -0.119. The summed E-state index contributed by atoms with van der Waals surface area (Å²) in [5.41, 5.74) is 1.30. The summed E-state index contributed by atoms with van der Waals surface area (Å²) in [6, 6.07) is 8.17. The van der Waals surface area contributed by atoms with Crippen LogP contribution in [0.15, 0.2) is 29.3 Å². The third kappa shape index (κ3) is 12.5. The zero-order valence-electron chi connectivity index (χ0n) is 16.5. The van der Waals surface area contributed by atoms with E-state index in [-0.39, 0.29) is 36.4 Å². The van der Waals surface area contributed by atoms with Gasteiger partial charge in [-0.1, -0.05) is 12.1 Å². The van der Waals surface area contributed by atoms with E-state index < -0.39 is 0 Å². The Hall–Kier alpha value is -1.55. The molecule has 7 nitrogen and oxygen atoms in total. The third-order valence-electron chi connectivity index (χ3n) is 3.70. The maximum atomic E-state index is 11.7. The fourth-order valence-electron chi connectivity index (χ4n) is 2.29. The molecule has 0 fully saturated rings. The van der Waals surface area contributed by atoms with Gasteiger partial charge in [-0.15, -0.1) is 24.0 Å². The molecule has 154 valence electrons. The molecule has 27 heavy (non-hydrogen) atoms. The first-order valence-corrected chi connectivity index (χ1v) is 9.10. The number of amides is 1. The minimum absolute atomic E-state index is 0. The summed E-state index contributed by atoms with van der Waals surface area (Å²) in [4.78, 5) is 16.0. The zero-order chi connectivity index (χ0) is 19.0. The quantitative estimate of drug-likeness (QED) is 0.180. The van der Waals surface area contributed by atoms with Crippen molar-refractivity contribution in [1.82, 2.24) is 16.0 Å². The van der Waals surface area contributed by atoms with Crippen molar-refractivity contribution in [3.05, 3.63) is 29.8 Å². The lowest BCUT2D eigenvalue weighted by atomic mass is 10.1. The van der Waals surface area contributed by atoms with E-state index in [4.69, 9.17) is 9.47 Å². The van der Waals surface area contributed by atoms with Gasteiger partial charge in [0.15, 0.2) is 5.96 Å². The van der Waals surface area contributed by atoms with Crippen LogP contribution in [-0.4, -0.2) is 58.9 Å². The number of ether oxygens (including phenoxy) is 2. The molecule has 0 saturated carbocycles. The predicted octanol–water partition coefficient (Wildman–Crippen LogP) is 1.95. The van der Waals surface area contributed by atoms with Crippen molar-refractivity contribution in [2.75, 3.05) is 47.0 Å². The average molecular weight is 492 g/mol. The summed E-state index contributed by atoms with van der Waals surface area (Å²) in [5.74, 6) is 1.44. The summed E-state index contributed by atoms with van der Waals surface area (Å²) in [6.45, 7) is 4.67. The van der Waals surface area contributed by atoms with Gasteiger partial charge in [-0.3, -0.25) is 4.79 Å². The molecule has 0 saturated heterocycles. The molecule has 0 unspecified atom stereocenters. The van der Waals surface area contributed by atoms with Gasteiger partial charge >= 0.3 is 0 Å². The molecule has 3 N–H and O–H groups in total. The molecule has 0 aliphatic carbocycles. The Bertz CT molecular complexity index is 538. The number of rotatable bonds is 12. The fraction of sp³-hybridized carbons (Fsp3) is 0.579. The normalized spacial score (nSPS) is 10.7. The van der Waals surface area contributed by atoms with Crippen LogP contribution in [0.5, 0.6) is 5.75 Å². The minimum Gasteiger partial charge on any atom is -0.497 e. The summed E-state index contributed by atoms with van der Waals surface area (Å²) in [5, 5.41) is 9.16. The highest BCUT2D eigenvalue weighted by Gasteiger charge is 2.02. The number of carbonyl (C=O) groups is 1. The van der Waals surface area contributed by atoms with Crippen molar-refractivity contribution in [1.29, 1.82) is 0 Å². The first-order chi connectivity index (χ1) is 12.7. The molecule has 1 aromatic carbocycles. The number of hydrogen-bond donors (Lipinski definition) is 3. The van der Waals surface area contributed by atoms with Crippen LogP contribution < -0.4 is 20.7 Å². The number of aliphatic imine (C=N–C) groups is 1. The number of benzene rings is 1. The van der Waals surface area contributed by atoms with E-state index in [2.05, 4.69) is 33.1 Å². The summed E-state index contributed by atoms with van der Waals surface area (Å²) in [7, 11) is 3.28. The topological polar surface area (TPSA) is 84.0 Å². The third-order valence-corrected chi connectivity index (χ3v) is 3.70. The molecule has 8 heteroatoms. The number of unbranched alkanes of at least 4 members (excludes halogenated alkanes) is 1. The van der Waals surface area contributed by atoms with Gasteiger partial charge in [-0.05, 0) is 43.9 Å². The molecular weight excluding hydrogens is 459 g/mol. The molecule has 0 heterocycles. The van der Waals surface area contributed by atoms with Gasteiger partial charge in [0.25, 0.3) is 0 Å². The van der Waals surface area contributed by atoms with E-state index in [1.807, 2.05) is 19.1 Å². The molecule has 0 aliphatic heterocycles. The summed E-state index contributed by atoms with van der Waals surface area (Å²) >= 11 is 0. The van der Waals surface area contributed by atoms with Gasteiger partial charge in [-0.25, -0.2) is 4.99 Å². The van der Waals surface area contributed by atoms with Crippen molar-refractivity contribution in [3.63, 3.8) is 0 Å². The number of nitrogens with zero attached hydrogens (tertiary/aromatic N) is 1. The van der Waals surface area contributed by atoms with E-state index in [1.165, 1.54) is 5.56 Å². The van der Waals surface area contributed by atoms with Crippen LogP contribution in [0.25, 0.3) is 0 Å². The van der Waals surface area contributed by atoms with Crippen LogP contribution in [0.2, 0.25) is 0 Å². The highest BCUT2D eigenvalue weighted by Crippen LogP contribution is 2.12. The SMILES string of the molecule is CCNC(=NCC(=O)NCCOC)NCCCCc1ccc(OC)cc1.I.